The molecule has 0 fully saturated rings. The monoisotopic (exact) mass is 307 g/mol. The number of carbonyl (C=O) groups is 1. The Morgan fingerprint density at radius 1 is 1.13 bits per heavy atom. The fraction of sp³-hybridized carbons (Fsp3) is 0.250. The molecule has 3 nitrogen and oxygen atoms in total. The van der Waals surface area contributed by atoms with Crippen LogP contribution < -0.4 is 4.74 Å². The maximum absolute atomic E-state index is 12.5. The van der Waals surface area contributed by atoms with Gasteiger partial charge in [-0.3, -0.25) is 4.79 Å². The molecule has 1 amide bonds. The first kappa shape index (κ1) is 15.3. The van der Waals surface area contributed by atoms with Crippen LogP contribution in [0.25, 0.3) is 5.57 Å². The number of amides is 1. The van der Waals surface area contributed by atoms with Crippen molar-refractivity contribution < 1.29 is 9.53 Å². The van der Waals surface area contributed by atoms with Crippen LogP contribution in [0.15, 0.2) is 60.7 Å². The third-order valence-electron chi connectivity index (χ3n) is 4.20. The molecule has 0 saturated heterocycles. The predicted molar refractivity (Wildman–Crippen MR) is 92.3 cm³/mol. The maximum Gasteiger partial charge on any atom is 0.227 e. The first-order valence-electron chi connectivity index (χ1n) is 7.91. The van der Waals surface area contributed by atoms with Crippen molar-refractivity contribution in [2.75, 3.05) is 20.2 Å². The third-order valence-corrected chi connectivity index (χ3v) is 4.20. The predicted octanol–water partition coefficient (Wildman–Crippen LogP) is 3.55. The number of rotatable bonds is 4. The van der Waals surface area contributed by atoms with E-state index in [4.69, 9.17) is 4.74 Å². The second-order valence-corrected chi connectivity index (χ2v) is 5.71. The number of ether oxygens (including phenoxy) is 1. The smallest absolute Gasteiger partial charge is 0.227 e. The van der Waals surface area contributed by atoms with E-state index < -0.39 is 0 Å². The van der Waals surface area contributed by atoms with Gasteiger partial charge >= 0.3 is 0 Å². The molecule has 2 aromatic rings. The normalized spacial score (nSPS) is 14.3. The molecule has 1 aliphatic heterocycles. The SMILES string of the molecule is COc1cccc(CC(=O)N2CC=C(c3ccccc3)CC2)c1. The minimum atomic E-state index is 0.168. The number of carbonyl (C=O) groups excluding carboxylic acids is 1. The van der Waals surface area contributed by atoms with Gasteiger partial charge in [0.25, 0.3) is 0 Å². The van der Waals surface area contributed by atoms with Gasteiger partial charge in [-0.05, 0) is 35.3 Å². The highest BCUT2D eigenvalue weighted by atomic mass is 16.5. The van der Waals surface area contributed by atoms with Crippen LogP contribution in [0.1, 0.15) is 17.5 Å². The zero-order chi connectivity index (χ0) is 16.1. The van der Waals surface area contributed by atoms with Gasteiger partial charge in [0.15, 0.2) is 0 Å². The molecule has 0 bridgehead atoms. The summed E-state index contributed by atoms with van der Waals surface area (Å²) in [5.74, 6) is 0.960. The van der Waals surface area contributed by atoms with Crippen molar-refractivity contribution in [3.63, 3.8) is 0 Å². The van der Waals surface area contributed by atoms with Crippen molar-refractivity contribution in [1.29, 1.82) is 0 Å². The van der Waals surface area contributed by atoms with Gasteiger partial charge in [0.2, 0.25) is 5.91 Å². The van der Waals surface area contributed by atoms with Gasteiger partial charge in [0.1, 0.15) is 5.75 Å². The molecule has 0 unspecified atom stereocenters. The Kier molecular flexibility index (Phi) is 4.77. The minimum Gasteiger partial charge on any atom is -0.497 e. The van der Waals surface area contributed by atoms with Crippen LogP contribution in [-0.2, 0) is 11.2 Å². The quantitative estimate of drug-likeness (QED) is 0.864. The van der Waals surface area contributed by atoms with Crippen LogP contribution in [-0.4, -0.2) is 31.0 Å². The number of nitrogens with zero attached hydrogens (tertiary/aromatic N) is 1. The second-order valence-electron chi connectivity index (χ2n) is 5.71. The van der Waals surface area contributed by atoms with Gasteiger partial charge < -0.3 is 9.64 Å². The Balaban J connectivity index is 1.63. The molecule has 3 rings (SSSR count). The summed E-state index contributed by atoms with van der Waals surface area (Å²) >= 11 is 0. The van der Waals surface area contributed by atoms with Gasteiger partial charge in [0.05, 0.1) is 13.5 Å². The zero-order valence-corrected chi connectivity index (χ0v) is 13.4. The first-order chi connectivity index (χ1) is 11.3. The summed E-state index contributed by atoms with van der Waals surface area (Å²) in [6.07, 6.45) is 3.50. The summed E-state index contributed by atoms with van der Waals surface area (Å²) in [6.45, 7) is 1.47. The average molecular weight is 307 g/mol. The van der Waals surface area contributed by atoms with E-state index in [0.29, 0.717) is 13.0 Å². The summed E-state index contributed by atoms with van der Waals surface area (Å²) < 4.78 is 5.21. The average Bonchev–Trinajstić information content (AvgIpc) is 2.63. The molecular formula is C20H21NO2. The fourth-order valence-electron chi connectivity index (χ4n) is 2.88. The molecule has 0 aliphatic carbocycles. The lowest BCUT2D eigenvalue weighted by Gasteiger charge is -2.27. The summed E-state index contributed by atoms with van der Waals surface area (Å²) in [5, 5.41) is 0. The maximum atomic E-state index is 12.5. The van der Waals surface area contributed by atoms with Gasteiger partial charge in [0, 0.05) is 13.1 Å². The van der Waals surface area contributed by atoms with Crippen LogP contribution in [0.4, 0.5) is 0 Å². The topological polar surface area (TPSA) is 29.5 Å². The number of hydrogen-bond acceptors (Lipinski definition) is 2. The van der Waals surface area contributed by atoms with Crippen LogP contribution >= 0.6 is 0 Å². The van der Waals surface area contributed by atoms with Crippen molar-refractivity contribution in [2.45, 2.75) is 12.8 Å². The van der Waals surface area contributed by atoms with Crippen LogP contribution in [0.3, 0.4) is 0 Å². The Morgan fingerprint density at radius 3 is 2.65 bits per heavy atom. The Morgan fingerprint density at radius 2 is 1.96 bits per heavy atom. The molecule has 0 spiro atoms. The molecule has 0 aromatic heterocycles. The van der Waals surface area contributed by atoms with Gasteiger partial charge in [-0.2, -0.15) is 0 Å². The standard InChI is InChI=1S/C20H21NO2/c1-23-19-9-5-6-16(14-19)15-20(22)21-12-10-18(11-13-21)17-7-3-2-4-8-17/h2-10,14H,11-13,15H2,1H3. The van der Waals surface area contributed by atoms with Crippen LogP contribution in [0, 0.1) is 0 Å². The van der Waals surface area contributed by atoms with Crippen LogP contribution in [0.2, 0.25) is 0 Å². The van der Waals surface area contributed by atoms with E-state index in [1.165, 1.54) is 11.1 Å². The molecular weight excluding hydrogens is 286 g/mol. The summed E-state index contributed by atoms with van der Waals surface area (Å²) in [7, 11) is 1.64. The molecule has 3 heteroatoms. The highest BCUT2D eigenvalue weighted by Gasteiger charge is 2.18. The van der Waals surface area contributed by atoms with E-state index >= 15 is 0 Å². The van der Waals surface area contributed by atoms with Crippen molar-refractivity contribution in [1.82, 2.24) is 4.90 Å². The molecule has 1 heterocycles. The lowest BCUT2D eigenvalue weighted by Crippen LogP contribution is -2.35. The summed E-state index contributed by atoms with van der Waals surface area (Å²) in [4.78, 5) is 14.4. The Labute approximate surface area is 137 Å². The first-order valence-corrected chi connectivity index (χ1v) is 7.91. The summed E-state index contributed by atoms with van der Waals surface area (Å²) in [5.41, 5.74) is 3.58. The third kappa shape index (κ3) is 3.81. The highest BCUT2D eigenvalue weighted by molar-refractivity contribution is 5.80. The Hall–Kier alpha value is -2.55. The number of benzene rings is 2. The van der Waals surface area contributed by atoms with Crippen molar-refractivity contribution >= 4 is 11.5 Å². The van der Waals surface area contributed by atoms with Gasteiger partial charge in [-0.1, -0.05) is 48.5 Å². The van der Waals surface area contributed by atoms with E-state index in [-0.39, 0.29) is 5.91 Å². The molecule has 0 N–H and O–H groups in total. The van der Waals surface area contributed by atoms with Crippen molar-refractivity contribution in [3.8, 4) is 5.75 Å². The molecule has 2 aromatic carbocycles. The molecule has 23 heavy (non-hydrogen) atoms. The molecule has 118 valence electrons. The second kappa shape index (κ2) is 7.14. The van der Waals surface area contributed by atoms with Crippen molar-refractivity contribution in [2.24, 2.45) is 0 Å². The lowest BCUT2D eigenvalue weighted by atomic mass is 9.99. The van der Waals surface area contributed by atoms with E-state index in [1.54, 1.807) is 7.11 Å². The number of hydrogen-bond donors (Lipinski definition) is 0. The zero-order valence-electron chi connectivity index (χ0n) is 13.4. The fourth-order valence-corrected chi connectivity index (χ4v) is 2.88. The number of methoxy groups -OCH3 is 1. The molecule has 0 atom stereocenters. The Bertz CT molecular complexity index is 707. The van der Waals surface area contributed by atoms with E-state index in [9.17, 15) is 4.79 Å². The van der Waals surface area contributed by atoms with Gasteiger partial charge in [-0.25, -0.2) is 0 Å². The summed E-state index contributed by atoms with van der Waals surface area (Å²) in [6, 6.07) is 18.1. The van der Waals surface area contributed by atoms with Crippen LogP contribution in [0.5, 0.6) is 5.75 Å². The van der Waals surface area contributed by atoms with E-state index in [1.807, 2.05) is 35.2 Å². The largest absolute Gasteiger partial charge is 0.497 e. The highest BCUT2D eigenvalue weighted by Crippen LogP contribution is 2.22. The van der Waals surface area contributed by atoms with Crippen molar-refractivity contribution in [3.05, 3.63) is 71.8 Å². The van der Waals surface area contributed by atoms with E-state index in [2.05, 4.69) is 30.3 Å². The minimum absolute atomic E-state index is 0.168. The van der Waals surface area contributed by atoms with E-state index in [0.717, 1.165) is 24.3 Å². The molecule has 0 radical (unpaired) electrons. The lowest BCUT2D eigenvalue weighted by molar-refractivity contribution is -0.130. The molecule has 0 saturated carbocycles. The molecule has 1 aliphatic rings. The van der Waals surface area contributed by atoms with Gasteiger partial charge in [-0.15, -0.1) is 0 Å².